The topological polar surface area (TPSA) is 57.7 Å². The van der Waals surface area contributed by atoms with Gasteiger partial charge in [-0.2, -0.15) is 4.31 Å². The van der Waals surface area contributed by atoms with Gasteiger partial charge in [0.1, 0.15) is 11.6 Å². The number of amides is 1. The predicted molar refractivity (Wildman–Crippen MR) is 104 cm³/mol. The summed E-state index contributed by atoms with van der Waals surface area (Å²) in [6.07, 6.45) is 0. The second-order valence-corrected chi connectivity index (χ2v) is 9.44. The molecule has 0 aromatic heterocycles. The average molecular weight is 447 g/mol. The molecule has 0 aliphatic carbocycles. The Morgan fingerprint density at radius 1 is 1.04 bits per heavy atom. The number of nitrogens with zero attached hydrogens (tertiary/aromatic N) is 2. The van der Waals surface area contributed by atoms with Crippen LogP contribution in [0.4, 0.5) is 8.78 Å². The summed E-state index contributed by atoms with van der Waals surface area (Å²) < 4.78 is 53.5. The van der Waals surface area contributed by atoms with Crippen LogP contribution in [0.1, 0.15) is 0 Å². The quantitative estimate of drug-likeness (QED) is 0.661. The predicted octanol–water partition coefficient (Wildman–Crippen LogP) is 3.24. The zero-order chi connectivity index (χ0) is 20.3. The number of hydrogen-bond donors (Lipinski definition) is 0. The first kappa shape index (κ1) is 21.0. The Labute approximate surface area is 171 Å². The van der Waals surface area contributed by atoms with Gasteiger partial charge in [-0.3, -0.25) is 4.79 Å². The van der Waals surface area contributed by atoms with Crippen LogP contribution in [0.15, 0.2) is 52.3 Å². The zero-order valence-electron chi connectivity index (χ0n) is 14.6. The molecule has 1 aliphatic rings. The van der Waals surface area contributed by atoms with Crippen LogP contribution in [-0.2, 0) is 14.8 Å². The van der Waals surface area contributed by atoms with Gasteiger partial charge in [0.05, 0.1) is 15.7 Å². The van der Waals surface area contributed by atoms with Crippen molar-refractivity contribution in [2.24, 2.45) is 0 Å². The van der Waals surface area contributed by atoms with E-state index in [1.165, 1.54) is 16.4 Å². The Morgan fingerprint density at radius 2 is 1.71 bits per heavy atom. The van der Waals surface area contributed by atoms with E-state index in [9.17, 15) is 22.0 Å². The molecule has 0 unspecified atom stereocenters. The van der Waals surface area contributed by atoms with Gasteiger partial charge in [-0.15, -0.1) is 11.8 Å². The summed E-state index contributed by atoms with van der Waals surface area (Å²) in [7, 11) is -3.82. The van der Waals surface area contributed by atoms with E-state index in [0.29, 0.717) is 4.90 Å². The van der Waals surface area contributed by atoms with Crippen LogP contribution in [0.3, 0.4) is 0 Å². The van der Waals surface area contributed by atoms with E-state index >= 15 is 0 Å². The first-order valence-electron chi connectivity index (χ1n) is 8.39. The van der Waals surface area contributed by atoms with Crippen molar-refractivity contribution in [3.8, 4) is 0 Å². The van der Waals surface area contributed by atoms with Gasteiger partial charge < -0.3 is 4.90 Å². The second-order valence-electron chi connectivity index (χ2n) is 6.08. The molecule has 0 atom stereocenters. The molecule has 2 aromatic rings. The van der Waals surface area contributed by atoms with Crippen LogP contribution < -0.4 is 0 Å². The normalized spacial score (nSPS) is 15.6. The summed E-state index contributed by atoms with van der Waals surface area (Å²) in [6.45, 7) is 0.691. The van der Waals surface area contributed by atoms with E-state index in [1.807, 2.05) is 0 Å². The maximum atomic E-state index is 13.6. The Morgan fingerprint density at radius 3 is 2.36 bits per heavy atom. The summed E-state index contributed by atoms with van der Waals surface area (Å²) >= 11 is 6.79. The number of halogens is 3. The van der Waals surface area contributed by atoms with Gasteiger partial charge in [0.15, 0.2) is 0 Å². The number of rotatable bonds is 5. The van der Waals surface area contributed by atoms with E-state index < -0.39 is 15.8 Å². The third-order valence-electron chi connectivity index (χ3n) is 4.31. The maximum absolute atomic E-state index is 13.6. The van der Waals surface area contributed by atoms with Crippen molar-refractivity contribution in [3.05, 3.63) is 59.1 Å². The highest BCUT2D eigenvalue weighted by Gasteiger charge is 2.30. The minimum absolute atomic E-state index is 0.0707. The fraction of sp³-hybridized carbons (Fsp3) is 0.278. The summed E-state index contributed by atoms with van der Waals surface area (Å²) in [4.78, 5) is 14.2. The molecule has 1 amide bonds. The van der Waals surface area contributed by atoms with Crippen LogP contribution in [-0.4, -0.2) is 55.5 Å². The van der Waals surface area contributed by atoms with Gasteiger partial charge in [0, 0.05) is 31.1 Å². The molecule has 5 nitrogen and oxygen atoms in total. The van der Waals surface area contributed by atoms with Crippen molar-refractivity contribution in [1.29, 1.82) is 0 Å². The Bertz CT molecular complexity index is 981. The molecule has 0 radical (unpaired) electrons. The Kier molecular flexibility index (Phi) is 6.59. The molecule has 1 saturated heterocycles. The molecule has 10 heteroatoms. The molecule has 150 valence electrons. The summed E-state index contributed by atoms with van der Waals surface area (Å²) in [5, 5.41) is -0.264. The molecule has 0 spiro atoms. The lowest BCUT2D eigenvalue weighted by Crippen LogP contribution is -2.50. The van der Waals surface area contributed by atoms with Gasteiger partial charge in [0.2, 0.25) is 15.9 Å². The fourth-order valence-corrected chi connectivity index (χ4v) is 5.29. The minimum Gasteiger partial charge on any atom is -0.339 e. The highest BCUT2D eigenvalue weighted by atomic mass is 35.5. The number of carbonyl (C=O) groups excluding carboxylic acids is 1. The molecule has 1 aliphatic heterocycles. The number of sulfonamides is 1. The first-order valence-corrected chi connectivity index (χ1v) is 11.2. The molecular weight excluding hydrogens is 430 g/mol. The van der Waals surface area contributed by atoms with Crippen LogP contribution >= 0.6 is 23.4 Å². The number of benzene rings is 2. The van der Waals surface area contributed by atoms with Crippen LogP contribution in [0.5, 0.6) is 0 Å². The van der Waals surface area contributed by atoms with E-state index in [-0.39, 0.29) is 53.6 Å². The molecule has 0 bridgehead atoms. The lowest BCUT2D eigenvalue weighted by molar-refractivity contribution is -0.129. The lowest BCUT2D eigenvalue weighted by Gasteiger charge is -2.34. The summed E-state index contributed by atoms with van der Waals surface area (Å²) in [5.74, 6) is -1.19. The molecule has 3 rings (SSSR count). The van der Waals surface area contributed by atoms with Crippen LogP contribution in [0.2, 0.25) is 5.02 Å². The monoisotopic (exact) mass is 446 g/mol. The third-order valence-corrected chi connectivity index (χ3v) is 7.53. The number of piperazine rings is 1. The standard InChI is InChI=1S/C18H17ClF2N2O3S2/c19-14-11-13(5-6-15(14)20)28(25,26)23-9-7-22(8-10-23)18(24)12-27-17-4-2-1-3-16(17)21/h1-6,11H,7-10,12H2. The lowest BCUT2D eigenvalue weighted by atomic mass is 10.3. The molecule has 1 fully saturated rings. The molecule has 28 heavy (non-hydrogen) atoms. The van der Waals surface area contributed by atoms with Crippen molar-refractivity contribution in [2.45, 2.75) is 9.79 Å². The van der Waals surface area contributed by atoms with Gasteiger partial charge in [-0.25, -0.2) is 17.2 Å². The van der Waals surface area contributed by atoms with E-state index in [0.717, 1.165) is 23.9 Å². The summed E-state index contributed by atoms with van der Waals surface area (Å²) in [5.41, 5.74) is 0. The van der Waals surface area contributed by atoms with Gasteiger partial charge in [-0.05, 0) is 30.3 Å². The van der Waals surface area contributed by atoms with Crippen LogP contribution in [0.25, 0.3) is 0 Å². The highest BCUT2D eigenvalue weighted by Crippen LogP contribution is 2.24. The third kappa shape index (κ3) is 4.65. The molecular formula is C18H17ClF2N2O3S2. The fourth-order valence-electron chi connectivity index (χ4n) is 2.76. The molecule has 0 saturated carbocycles. The number of hydrogen-bond acceptors (Lipinski definition) is 4. The minimum atomic E-state index is -3.82. The molecule has 1 heterocycles. The molecule has 0 N–H and O–H groups in total. The molecule has 2 aromatic carbocycles. The maximum Gasteiger partial charge on any atom is 0.243 e. The van der Waals surface area contributed by atoms with E-state index in [1.54, 1.807) is 23.1 Å². The average Bonchev–Trinajstić information content (AvgIpc) is 2.69. The van der Waals surface area contributed by atoms with Gasteiger partial charge in [0.25, 0.3) is 0 Å². The smallest absolute Gasteiger partial charge is 0.243 e. The van der Waals surface area contributed by atoms with Crippen LogP contribution in [0, 0.1) is 11.6 Å². The first-order chi connectivity index (χ1) is 13.3. The summed E-state index contributed by atoms with van der Waals surface area (Å²) in [6, 6.07) is 9.46. The Balaban J connectivity index is 1.58. The largest absolute Gasteiger partial charge is 0.339 e. The number of thioether (sulfide) groups is 1. The second kappa shape index (κ2) is 8.77. The SMILES string of the molecule is O=C(CSc1ccccc1F)N1CCN(S(=O)(=O)c2ccc(F)c(Cl)c2)CC1. The van der Waals surface area contributed by atoms with Crippen molar-refractivity contribution < 1.29 is 22.0 Å². The highest BCUT2D eigenvalue weighted by molar-refractivity contribution is 8.00. The zero-order valence-corrected chi connectivity index (χ0v) is 17.0. The van der Waals surface area contributed by atoms with Gasteiger partial charge in [-0.1, -0.05) is 23.7 Å². The van der Waals surface area contributed by atoms with Crippen molar-refractivity contribution >= 4 is 39.3 Å². The number of carbonyl (C=O) groups is 1. The van der Waals surface area contributed by atoms with Crippen molar-refractivity contribution in [2.75, 3.05) is 31.9 Å². The van der Waals surface area contributed by atoms with E-state index in [2.05, 4.69) is 0 Å². The Hall–Kier alpha value is -1.68. The van der Waals surface area contributed by atoms with Crippen molar-refractivity contribution in [3.63, 3.8) is 0 Å². The van der Waals surface area contributed by atoms with Gasteiger partial charge >= 0.3 is 0 Å². The van der Waals surface area contributed by atoms with Crippen molar-refractivity contribution in [1.82, 2.24) is 9.21 Å². The van der Waals surface area contributed by atoms with E-state index in [4.69, 9.17) is 11.6 Å².